The number of hydrogen-bond donors (Lipinski definition) is 3. The first-order valence-corrected chi connectivity index (χ1v) is 5.43. The van der Waals surface area contributed by atoms with Crippen molar-refractivity contribution in [3.63, 3.8) is 0 Å². The van der Waals surface area contributed by atoms with Gasteiger partial charge in [-0.2, -0.15) is 0 Å². The average Bonchev–Trinajstić information content (AvgIpc) is 2.93. The van der Waals surface area contributed by atoms with Crippen molar-refractivity contribution in [3.8, 4) is 0 Å². The Morgan fingerprint density at radius 1 is 1.61 bits per heavy atom. The van der Waals surface area contributed by atoms with Gasteiger partial charge in [-0.25, -0.2) is 9.67 Å². The molecule has 0 unspecified atom stereocenters. The maximum atomic E-state index is 11.7. The molecule has 1 fully saturated rings. The van der Waals surface area contributed by atoms with Gasteiger partial charge in [-0.3, -0.25) is 4.79 Å². The van der Waals surface area contributed by atoms with Gasteiger partial charge in [0.05, 0.1) is 19.0 Å². The Hall–Kier alpha value is -1.84. The van der Waals surface area contributed by atoms with Crippen molar-refractivity contribution < 1.29 is 14.9 Å². The Bertz CT molecular complexity index is 623. The number of ether oxygens (including phenoxy) is 1. The van der Waals surface area contributed by atoms with Gasteiger partial charge in [0.25, 0.3) is 5.56 Å². The summed E-state index contributed by atoms with van der Waals surface area (Å²) < 4.78 is 6.69. The molecule has 3 atom stereocenters. The van der Waals surface area contributed by atoms with Crippen molar-refractivity contribution in [1.82, 2.24) is 25.0 Å². The Morgan fingerprint density at radius 2 is 2.44 bits per heavy atom. The summed E-state index contributed by atoms with van der Waals surface area (Å²) in [5.74, 6) is 0. The molecule has 9 nitrogen and oxygen atoms in total. The minimum absolute atomic E-state index is 0.188. The SMILES string of the molecule is O=c1[nH]cnc2nnn([C@H]3C[C@H](O)[C@@H](CO)O3)c12. The monoisotopic (exact) mass is 253 g/mol. The van der Waals surface area contributed by atoms with Crippen LogP contribution in [0.3, 0.4) is 0 Å². The highest BCUT2D eigenvalue weighted by Crippen LogP contribution is 2.28. The molecule has 0 aliphatic carbocycles. The fourth-order valence-electron chi connectivity index (χ4n) is 2.03. The molecule has 1 aliphatic heterocycles. The maximum absolute atomic E-state index is 11.7. The predicted molar refractivity (Wildman–Crippen MR) is 57.6 cm³/mol. The number of aromatic amines is 1. The molecular formula is C9H11N5O4. The summed E-state index contributed by atoms with van der Waals surface area (Å²) in [6, 6.07) is 0. The number of H-pyrrole nitrogens is 1. The molecule has 96 valence electrons. The van der Waals surface area contributed by atoms with Crippen LogP contribution in [0.15, 0.2) is 11.1 Å². The van der Waals surface area contributed by atoms with E-state index in [1.807, 2.05) is 0 Å². The lowest BCUT2D eigenvalue weighted by Gasteiger charge is -2.11. The van der Waals surface area contributed by atoms with Gasteiger partial charge in [-0.15, -0.1) is 5.10 Å². The van der Waals surface area contributed by atoms with E-state index in [9.17, 15) is 9.90 Å². The summed E-state index contributed by atoms with van der Waals surface area (Å²) in [5, 5.41) is 26.2. The fraction of sp³-hybridized carbons (Fsp3) is 0.556. The number of fused-ring (bicyclic) bond motifs is 1. The van der Waals surface area contributed by atoms with Gasteiger partial charge in [-0.05, 0) is 0 Å². The van der Waals surface area contributed by atoms with Crippen molar-refractivity contribution >= 4 is 11.2 Å². The standard InChI is InChI=1S/C9H11N5O4/c15-2-5-4(16)1-6(18-5)14-7-8(12-13-14)10-3-11-9(7)17/h3-6,15-16H,1-2H2,(H,10,11,17)/t4-,5+,6+/m0/s1. The summed E-state index contributed by atoms with van der Waals surface area (Å²) >= 11 is 0. The van der Waals surface area contributed by atoms with Gasteiger partial charge in [0.1, 0.15) is 6.10 Å². The zero-order valence-electron chi connectivity index (χ0n) is 9.22. The largest absolute Gasteiger partial charge is 0.394 e. The second kappa shape index (κ2) is 4.12. The molecule has 3 heterocycles. The normalized spacial score (nSPS) is 28.0. The van der Waals surface area contributed by atoms with E-state index in [2.05, 4.69) is 20.3 Å². The predicted octanol–water partition coefficient (Wildman–Crippen LogP) is -1.84. The quantitative estimate of drug-likeness (QED) is 0.573. The van der Waals surface area contributed by atoms with Gasteiger partial charge in [0.2, 0.25) is 5.65 Å². The summed E-state index contributed by atoms with van der Waals surface area (Å²) in [6.07, 6.45) is -0.629. The minimum atomic E-state index is -0.796. The number of aliphatic hydroxyl groups is 2. The zero-order chi connectivity index (χ0) is 12.7. The van der Waals surface area contributed by atoms with Crippen molar-refractivity contribution in [2.75, 3.05) is 6.61 Å². The number of aromatic nitrogens is 5. The molecule has 1 saturated heterocycles. The maximum Gasteiger partial charge on any atom is 0.278 e. The number of rotatable bonds is 2. The molecule has 0 radical (unpaired) electrons. The van der Waals surface area contributed by atoms with E-state index in [-0.39, 0.29) is 29.8 Å². The molecule has 18 heavy (non-hydrogen) atoms. The molecule has 0 spiro atoms. The van der Waals surface area contributed by atoms with Crippen molar-refractivity contribution in [3.05, 3.63) is 16.7 Å². The smallest absolute Gasteiger partial charge is 0.278 e. The van der Waals surface area contributed by atoms with Gasteiger partial charge in [0, 0.05) is 6.42 Å². The van der Waals surface area contributed by atoms with Crippen LogP contribution in [-0.2, 0) is 4.74 Å². The second-order valence-electron chi connectivity index (χ2n) is 4.05. The van der Waals surface area contributed by atoms with E-state index >= 15 is 0 Å². The van der Waals surface area contributed by atoms with Crippen LogP contribution in [0.1, 0.15) is 12.6 Å². The number of hydrogen-bond acceptors (Lipinski definition) is 7. The molecule has 3 N–H and O–H groups in total. The van der Waals surface area contributed by atoms with Crippen molar-refractivity contribution in [2.24, 2.45) is 0 Å². The molecule has 0 aromatic carbocycles. The Balaban J connectivity index is 2.03. The molecule has 2 aromatic rings. The number of nitrogens with one attached hydrogen (secondary N) is 1. The van der Waals surface area contributed by atoms with E-state index in [1.54, 1.807) is 0 Å². The first-order chi connectivity index (χ1) is 8.70. The van der Waals surface area contributed by atoms with Crippen molar-refractivity contribution in [2.45, 2.75) is 24.9 Å². The molecule has 1 aliphatic rings. The van der Waals surface area contributed by atoms with Crippen LogP contribution < -0.4 is 5.56 Å². The third-order valence-corrected chi connectivity index (χ3v) is 2.93. The third-order valence-electron chi connectivity index (χ3n) is 2.93. The summed E-state index contributed by atoms with van der Waals surface area (Å²) in [6.45, 7) is -0.293. The summed E-state index contributed by atoms with van der Waals surface area (Å²) in [4.78, 5) is 18.0. The summed E-state index contributed by atoms with van der Waals surface area (Å²) in [7, 11) is 0. The van der Waals surface area contributed by atoms with Crippen molar-refractivity contribution in [1.29, 1.82) is 0 Å². The number of nitrogens with zero attached hydrogens (tertiary/aromatic N) is 4. The molecule has 3 rings (SSSR count). The van der Waals surface area contributed by atoms with Gasteiger partial charge in [-0.1, -0.05) is 5.21 Å². The highest BCUT2D eigenvalue weighted by molar-refractivity contribution is 5.67. The Kier molecular flexibility index (Phi) is 2.58. The van der Waals surface area contributed by atoms with Crippen LogP contribution in [0.25, 0.3) is 11.2 Å². The number of aliphatic hydroxyl groups excluding tert-OH is 2. The van der Waals surface area contributed by atoms with Crippen LogP contribution in [-0.4, -0.2) is 54.0 Å². The minimum Gasteiger partial charge on any atom is -0.394 e. The molecule has 0 amide bonds. The lowest BCUT2D eigenvalue weighted by atomic mass is 10.2. The lowest BCUT2D eigenvalue weighted by Crippen LogP contribution is -2.24. The van der Waals surface area contributed by atoms with Crippen LogP contribution in [0.4, 0.5) is 0 Å². The summed E-state index contributed by atoms with van der Waals surface area (Å²) in [5.41, 5.74) is 0.0214. The molecule has 0 saturated carbocycles. The third kappa shape index (κ3) is 1.60. The van der Waals surface area contributed by atoms with Gasteiger partial charge >= 0.3 is 0 Å². The van der Waals surface area contributed by atoms with E-state index in [4.69, 9.17) is 9.84 Å². The average molecular weight is 253 g/mol. The molecular weight excluding hydrogens is 242 g/mol. The van der Waals surface area contributed by atoms with Gasteiger partial charge in [0.15, 0.2) is 11.7 Å². The van der Waals surface area contributed by atoms with E-state index < -0.39 is 18.4 Å². The van der Waals surface area contributed by atoms with Crippen LogP contribution in [0, 0.1) is 0 Å². The molecule has 0 bridgehead atoms. The molecule has 2 aromatic heterocycles. The topological polar surface area (TPSA) is 126 Å². The highest BCUT2D eigenvalue weighted by atomic mass is 16.5. The fourth-order valence-corrected chi connectivity index (χ4v) is 2.03. The highest BCUT2D eigenvalue weighted by Gasteiger charge is 2.36. The van der Waals surface area contributed by atoms with Gasteiger partial charge < -0.3 is 19.9 Å². The van der Waals surface area contributed by atoms with E-state index in [1.165, 1.54) is 11.0 Å². The first kappa shape index (κ1) is 11.3. The lowest BCUT2D eigenvalue weighted by molar-refractivity contribution is -0.0475. The Morgan fingerprint density at radius 3 is 3.17 bits per heavy atom. The zero-order valence-corrected chi connectivity index (χ0v) is 9.22. The van der Waals surface area contributed by atoms with Crippen LogP contribution >= 0.6 is 0 Å². The Labute approximate surface area is 100 Å². The van der Waals surface area contributed by atoms with E-state index in [0.717, 1.165) is 0 Å². The second-order valence-corrected chi connectivity index (χ2v) is 4.05. The first-order valence-electron chi connectivity index (χ1n) is 5.43. The van der Waals surface area contributed by atoms with Crippen LogP contribution in [0.5, 0.6) is 0 Å². The molecule has 9 heteroatoms. The van der Waals surface area contributed by atoms with E-state index in [0.29, 0.717) is 0 Å². The van der Waals surface area contributed by atoms with Crippen LogP contribution in [0.2, 0.25) is 0 Å².